The van der Waals surface area contributed by atoms with Gasteiger partial charge in [0.05, 0.1) is 13.2 Å². The average molecular weight is 149 g/mol. The molecule has 0 heterocycles. The first-order valence-electron chi connectivity index (χ1n) is 2.81. The zero-order valence-corrected chi connectivity index (χ0v) is 6.52. The molecule has 0 aromatic heterocycles. The van der Waals surface area contributed by atoms with Gasteiger partial charge in [0.25, 0.3) is 0 Å². The topological polar surface area (TPSA) is 52.3 Å². The summed E-state index contributed by atoms with van der Waals surface area (Å²) in [6, 6.07) is 0. The first-order valence-corrected chi connectivity index (χ1v) is 4.52. The van der Waals surface area contributed by atoms with Crippen LogP contribution in [0.25, 0.3) is 0 Å². The predicted molar refractivity (Wildman–Crippen MR) is 39.1 cm³/mol. The van der Waals surface area contributed by atoms with Crippen LogP contribution in [0.15, 0.2) is 0 Å². The van der Waals surface area contributed by atoms with Crippen molar-refractivity contribution in [2.45, 2.75) is 0 Å². The van der Waals surface area contributed by atoms with Crippen molar-refractivity contribution in [2.75, 3.05) is 26.0 Å². The number of carbonyl (C=O) groups is 1. The van der Waals surface area contributed by atoms with E-state index in [-0.39, 0.29) is 12.5 Å². The minimum atomic E-state index is -0.312. The molecule has 1 atom stereocenters. The van der Waals surface area contributed by atoms with Gasteiger partial charge in [-0.3, -0.25) is 4.79 Å². The fraction of sp³-hybridized carbons (Fsp3) is 0.800. The third kappa shape index (κ3) is 5.74. The molecule has 0 spiro atoms. The summed E-state index contributed by atoms with van der Waals surface area (Å²) in [4.78, 5) is 10.3. The molecule has 0 saturated carbocycles. The van der Waals surface area contributed by atoms with Gasteiger partial charge < -0.3 is 10.5 Å². The zero-order valence-electron chi connectivity index (χ0n) is 5.52. The summed E-state index contributed by atoms with van der Waals surface area (Å²) in [7, 11) is 0.841. The molecule has 0 amide bonds. The molecular formula is C5H12NO2P. The Bertz CT molecular complexity index is 87.0. The van der Waals surface area contributed by atoms with Gasteiger partial charge in [0.15, 0.2) is 0 Å². The summed E-state index contributed by atoms with van der Waals surface area (Å²) in [6.07, 6.45) is 0.950. The highest BCUT2D eigenvalue weighted by Crippen LogP contribution is 1.99. The Hall–Kier alpha value is -0.140. The Labute approximate surface area is 56.7 Å². The average Bonchev–Trinajstić information content (AvgIpc) is 1.89. The van der Waals surface area contributed by atoms with Crippen LogP contribution in [-0.4, -0.2) is 31.9 Å². The Morgan fingerprint density at radius 3 is 2.89 bits per heavy atom. The van der Waals surface area contributed by atoms with E-state index in [2.05, 4.69) is 11.4 Å². The van der Waals surface area contributed by atoms with Crippen molar-refractivity contribution < 1.29 is 9.53 Å². The Morgan fingerprint density at radius 1 is 1.78 bits per heavy atom. The molecule has 0 aromatic carbocycles. The fourth-order valence-electron chi connectivity index (χ4n) is 0.326. The van der Waals surface area contributed by atoms with Crippen molar-refractivity contribution in [1.29, 1.82) is 0 Å². The molecule has 54 valence electrons. The molecule has 0 aliphatic heterocycles. The van der Waals surface area contributed by atoms with E-state index in [1.165, 1.54) is 0 Å². The molecule has 4 heteroatoms. The van der Waals surface area contributed by atoms with Gasteiger partial charge in [-0.2, -0.15) is 0 Å². The van der Waals surface area contributed by atoms with Crippen LogP contribution in [0.1, 0.15) is 0 Å². The van der Waals surface area contributed by atoms with Crippen molar-refractivity contribution in [3.05, 3.63) is 0 Å². The lowest BCUT2D eigenvalue weighted by atomic mass is 10.7. The van der Waals surface area contributed by atoms with Crippen LogP contribution in [0.5, 0.6) is 0 Å². The smallest absolute Gasteiger partial charge is 0.319 e. The van der Waals surface area contributed by atoms with Gasteiger partial charge in [-0.1, -0.05) is 0 Å². The monoisotopic (exact) mass is 149 g/mol. The predicted octanol–water partition coefficient (Wildman–Crippen LogP) is -0.203. The lowest BCUT2D eigenvalue weighted by Crippen LogP contribution is -2.17. The molecule has 0 aliphatic carbocycles. The van der Waals surface area contributed by atoms with E-state index in [4.69, 9.17) is 5.73 Å². The normalized spacial score (nSPS) is 10.4. The van der Waals surface area contributed by atoms with E-state index in [1.54, 1.807) is 0 Å². The van der Waals surface area contributed by atoms with Crippen LogP contribution in [0.2, 0.25) is 0 Å². The number of rotatable bonds is 4. The van der Waals surface area contributed by atoms with E-state index < -0.39 is 0 Å². The summed E-state index contributed by atoms with van der Waals surface area (Å²) >= 11 is 0. The molecule has 0 bridgehead atoms. The second kappa shape index (κ2) is 5.99. The van der Waals surface area contributed by atoms with Gasteiger partial charge in [-0.15, -0.1) is 8.58 Å². The molecule has 0 saturated heterocycles. The van der Waals surface area contributed by atoms with E-state index in [0.29, 0.717) is 6.61 Å². The molecule has 0 aliphatic rings. The highest BCUT2D eigenvalue weighted by molar-refractivity contribution is 7.37. The highest BCUT2D eigenvalue weighted by Gasteiger charge is 1.94. The zero-order chi connectivity index (χ0) is 7.11. The summed E-state index contributed by atoms with van der Waals surface area (Å²) < 4.78 is 4.67. The van der Waals surface area contributed by atoms with Crippen molar-refractivity contribution in [2.24, 2.45) is 5.73 Å². The summed E-state index contributed by atoms with van der Waals surface area (Å²) in [5, 5.41) is 0. The summed E-state index contributed by atoms with van der Waals surface area (Å²) in [5.74, 6) is -0.312. The van der Waals surface area contributed by atoms with E-state index in [1.807, 2.05) is 0 Å². The van der Waals surface area contributed by atoms with Crippen molar-refractivity contribution in [3.63, 3.8) is 0 Å². The van der Waals surface area contributed by atoms with Gasteiger partial charge in [-0.05, 0) is 12.8 Å². The maximum absolute atomic E-state index is 10.3. The molecule has 1 unspecified atom stereocenters. The van der Waals surface area contributed by atoms with Gasteiger partial charge in [0.2, 0.25) is 0 Å². The van der Waals surface area contributed by atoms with Gasteiger partial charge in [-0.25, -0.2) is 0 Å². The standard InChI is InChI=1S/C5H12NO2P/c1-9-3-2-8-5(7)4-6/h9H,2-4,6H2,1H3. The molecule has 0 rings (SSSR count). The van der Waals surface area contributed by atoms with E-state index >= 15 is 0 Å². The van der Waals surface area contributed by atoms with Gasteiger partial charge in [0.1, 0.15) is 0 Å². The lowest BCUT2D eigenvalue weighted by molar-refractivity contribution is -0.141. The highest BCUT2D eigenvalue weighted by atomic mass is 31.1. The largest absolute Gasteiger partial charge is 0.464 e. The van der Waals surface area contributed by atoms with E-state index in [0.717, 1.165) is 14.7 Å². The quantitative estimate of drug-likeness (QED) is 0.342. The number of carbonyl (C=O) groups excluding carboxylic acids is 1. The number of ether oxygens (including phenoxy) is 1. The van der Waals surface area contributed by atoms with Crippen LogP contribution in [0.3, 0.4) is 0 Å². The second-order valence-electron chi connectivity index (χ2n) is 1.53. The number of nitrogens with two attached hydrogens (primary N) is 1. The third-order valence-electron chi connectivity index (χ3n) is 0.782. The SMILES string of the molecule is CPCCOC(=O)CN. The molecule has 3 nitrogen and oxygen atoms in total. The number of hydrogen-bond donors (Lipinski definition) is 1. The Balaban J connectivity index is 2.97. The third-order valence-corrected chi connectivity index (χ3v) is 1.49. The van der Waals surface area contributed by atoms with Crippen LogP contribution in [-0.2, 0) is 9.53 Å². The molecule has 2 N–H and O–H groups in total. The molecule has 9 heavy (non-hydrogen) atoms. The Kier molecular flexibility index (Phi) is 5.89. The maximum atomic E-state index is 10.3. The number of esters is 1. The van der Waals surface area contributed by atoms with Crippen LogP contribution < -0.4 is 5.73 Å². The first-order chi connectivity index (χ1) is 4.31. The van der Waals surface area contributed by atoms with Crippen molar-refractivity contribution in [3.8, 4) is 0 Å². The summed E-state index contributed by atoms with van der Waals surface area (Å²) in [5.41, 5.74) is 4.98. The fourth-order valence-corrected chi connectivity index (χ4v) is 0.632. The van der Waals surface area contributed by atoms with E-state index in [9.17, 15) is 4.79 Å². The van der Waals surface area contributed by atoms with Crippen molar-refractivity contribution in [1.82, 2.24) is 0 Å². The second-order valence-corrected chi connectivity index (χ2v) is 2.74. The van der Waals surface area contributed by atoms with Crippen LogP contribution >= 0.6 is 8.58 Å². The van der Waals surface area contributed by atoms with Crippen LogP contribution in [0, 0.1) is 0 Å². The summed E-state index contributed by atoms with van der Waals surface area (Å²) in [6.45, 7) is 2.58. The first kappa shape index (κ1) is 8.86. The maximum Gasteiger partial charge on any atom is 0.319 e. The van der Waals surface area contributed by atoms with Crippen molar-refractivity contribution >= 4 is 14.6 Å². The Morgan fingerprint density at radius 2 is 2.44 bits per heavy atom. The molecule has 0 aromatic rings. The van der Waals surface area contributed by atoms with Gasteiger partial charge in [0, 0.05) is 0 Å². The minimum absolute atomic E-state index is 0.00712. The lowest BCUT2D eigenvalue weighted by Gasteiger charge is -1.99. The number of hydrogen-bond acceptors (Lipinski definition) is 3. The van der Waals surface area contributed by atoms with Crippen LogP contribution in [0.4, 0.5) is 0 Å². The molecule has 0 radical (unpaired) electrons. The molecular weight excluding hydrogens is 137 g/mol. The molecule has 0 fully saturated rings. The van der Waals surface area contributed by atoms with Gasteiger partial charge >= 0.3 is 5.97 Å². The minimum Gasteiger partial charge on any atom is -0.464 e.